The van der Waals surface area contributed by atoms with E-state index in [2.05, 4.69) is 83.0 Å². The summed E-state index contributed by atoms with van der Waals surface area (Å²) in [4.78, 5) is 41.8. The lowest BCUT2D eigenvalue weighted by Crippen LogP contribution is -2.65. The summed E-state index contributed by atoms with van der Waals surface area (Å²) in [5.41, 5.74) is 9.55. The zero-order chi connectivity index (χ0) is 33.8. The minimum absolute atomic E-state index is 0.00362. The SMILES string of the molecule is CC(C)C[C@H](NC(=O)[C@H](CCCN=C(N)N[N+](=O)[O-])CC(=O)CCc1ccc(C(C)C)cc1)B1O[C@@H]2C[C@H]3C[C@H](C3(C)C)[C@]2(C)O1. The highest BCUT2D eigenvalue weighted by atomic mass is 16.7. The second-order valence-corrected chi connectivity index (χ2v) is 15.2. The number of benzene rings is 1. The van der Waals surface area contributed by atoms with Gasteiger partial charge in [0, 0.05) is 25.3 Å². The van der Waals surface area contributed by atoms with Crippen LogP contribution >= 0.6 is 0 Å². The molecule has 1 aliphatic heterocycles. The molecule has 4 aliphatic rings. The van der Waals surface area contributed by atoms with Gasteiger partial charge in [0.15, 0.2) is 5.03 Å². The molecule has 1 saturated heterocycles. The second kappa shape index (κ2) is 14.8. The number of nitro groups is 1. The first kappa shape index (κ1) is 35.9. The van der Waals surface area contributed by atoms with Crippen LogP contribution in [0.5, 0.6) is 0 Å². The third kappa shape index (κ3) is 8.48. The molecule has 0 unspecified atom stereocenters. The maximum atomic E-state index is 13.9. The van der Waals surface area contributed by atoms with Crippen molar-refractivity contribution in [2.24, 2.45) is 39.8 Å². The molecule has 3 aliphatic carbocycles. The normalized spacial score (nSPS) is 26.3. The van der Waals surface area contributed by atoms with Gasteiger partial charge in [0.25, 0.3) is 5.96 Å². The molecule has 5 rings (SSSR count). The fourth-order valence-electron chi connectivity index (χ4n) is 7.84. The van der Waals surface area contributed by atoms with Crippen molar-refractivity contribution < 1.29 is 23.9 Å². The van der Waals surface area contributed by atoms with E-state index in [-0.39, 0.29) is 59.6 Å². The summed E-state index contributed by atoms with van der Waals surface area (Å²) >= 11 is 0. The molecule has 0 aromatic heterocycles. The van der Waals surface area contributed by atoms with Crippen LogP contribution in [0.4, 0.5) is 0 Å². The van der Waals surface area contributed by atoms with Crippen molar-refractivity contribution >= 4 is 24.8 Å². The Kier molecular flexibility index (Phi) is 11.6. The first-order chi connectivity index (χ1) is 21.6. The number of carbonyl (C=O) groups is 2. The molecule has 1 heterocycles. The molecular formula is C34H54BN5O6. The van der Waals surface area contributed by atoms with Gasteiger partial charge in [-0.05, 0) is 85.7 Å². The molecule has 4 fully saturated rings. The lowest BCUT2D eigenvalue weighted by atomic mass is 9.43. The number of aryl methyl sites for hydroxylation is 1. The third-order valence-electron chi connectivity index (χ3n) is 10.7. The van der Waals surface area contributed by atoms with Crippen LogP contribution in [-0.4, -0.2) is 54.0 Å². The molecule has 1 aromatic carbocycles. The maximum absolute atomic E-state index is 13.9. The van der Waals surface area contributed by atoms with Crippen molar-refractivity contribution in [3.05, 3.63) is 45.5 Å². The number of rotatable bonds is 16. The van der Waals surface area contributed by atoms with Crippen molar-refractivity contribution in [1.82, 2.24) is 10.7 Å². The van der Waals surface area contributed by atoms with Crippen LogP contribution < -0.4 is 16.5 Å². The largest absolute Gasteiger partial charge is 0.481 e. The molecule has 2 bridgehead atoms. The summed E-state index contributed by atoms with van der Waals surface area (Å²) in [6.07, 6.45) is 4.66. The Labute approximate surface area is 274 Å². The Morgan fingerprint density at radius 3 is 2.46 bits per heavy atom. The Hall–Kier alpha value is -2.99. The predicted octanol–water partition coefficient (Wildman–Crippen LogP) is 4.99. The first-order valence-corrected chi connectivity index (χ1v) is 17.0. The van der Waals surface area contributed by atoms with E-state index in [4.69, 9.17) is 15.0 Å². The van der Waals surface area contributed by atoms with Crippen LogP contribution in [0, 0.1) is 39.2 Å². The molecule has 12 heteroatoms. The van der Waals surface area contributed by atoms with Crippen molar-refractivity contribution in [1.29, 1.82) is 0 Å². The van der Waals surface area contributed by atoms with Crippen LogP contribution in [0.1, 0.15) is 110 Å². The Bertz CT molecular complexity index is 1270. The topological polar surface area (TPSA) is 158 Å². The van der Waals surface area contributed by atoms with E-state index >= 15 is 0 Å². The Morgan fingerprint density at radius 1 is 1.15 bits per heavy atom. The lowest BCUT2D eigenvalue weighted by molar-refractivity contribution is -0.525. The molecule has 0 spiro atoms. The van der Waals surface area contributed by atoms with Gasteiger partial charge in [-0.2, -0.15) is 0 Å². The van der Waals surface area contributed by atoms with Crippen LogP contribution in [0.15, 0.2) is 29.3 Å². The summed E-state index contributed by atoms with van der Waals surface area (Å²) < 4.78 is 13.3. The van der Waals surface area contributed by atoms with E-state index < -0.39 is 18.1 Å². The van der Waals surface area contributed by atoms with Gasteiger partial charge in [-0.15, -0.1) is 0 Å². The van der Waals surface area contributed by atoms with Crippen molar-refractivity contribution in [3.63, 3.8) is 0 Å². The number of Topliss-reactive ketones (excluding diaryl/α,β-unsaturated/α-hetero) is 1. The minimum atomic E-state index is -0.771. The van der Waals surface area contributed by atoms with E-state index in [1.165, 1.54) is 5.56 Å². The predicted molar refractivity (Wildman–Crippen MR) is 179 cm³/mol. The molecule has 0 radical (unpaired) electrons. The fraction of sp³-hybridized carbons (Fsp3) is 0.735. The smallest absolute Gasteiger partial charge is 0.404 e. The number of nitrogens with one attached hydrogen (secondary N) is 2. The van der Waals surface area contributed by atoms with E-state index in [1.807, 2.05) is 5.43 Å². The van der Waals surface area contributed by atoms with Gasteiger partial charge >= 0.3 is 7.12 Å². The van der Waals surface area contributed by atoms with Crippen LogP contribution in [-0.2, 0) is 25.3 Å². The van der Waals surface area contributed by atoms with Crippen LogP contribution in [0.3, 0.4) is 0 Å². The summed E-state index contributed by atoms with van der Waals surface area (Å²) in [5, 5.41) is 13.1. The standard InChI is InChI=1S/C34H54BN5O6/c1-21(2)17-30(35-45-29-20-26-19-28(33(26,5)6)34(29,7)46-35)38-31(42)25(9-8-16-37-32(36)39-40(43)44)18-27(41)15-12-23-10-13-24(14-11-23)22(3)4/h10-11,13-14,21-22,25-26,28-30H,8-9,12,15-20H2,1-7H3,(H,38,42)(H3,36,37,39)/t25-,26-,28-,29-,30+,34+/m1/s1. The highest BCUT2D eigenvalue weighted by Gasteiger charge is 2.68. The number of aliphatic imine (C=N–C) groups is 1. The van der Waals surface area contributed by atoms with Crippen molar-refractivity contribution in [3.8, 4) is 0 Å². The summed E-state index contributed by atoms with van der Waals surface area (Å²) in [7, 11) is -0.556. The van der Waals surface area contributed by atoms with E-state index in [0.717, 1.165) is 18.4 Å². The van der Waals surface area contributed by atoms with Crippen LogP contribution in [0.25, 0.3) is 0 Å². The summed E-state index contributed by atoms with van der Waals surface area (Å²) in [5.74, 6) is 0.319. The highest BCUT2D eigenvalue weighted by molar-refractivity contribution is 6.47. The molecule has 4 N–H and O–H groups in total. The van der Waals surface area contributed by atoms with Gasteiger partial charge in [-0.25, -0.2) is 15.1 Å². The number of hydrogen-bond donors (Lipinski definition) is 3. The molecule has 11 nitrogen and oxygen atoms in total. The van der Waals surface area contributed by atoms with E-state index in [0.29, 0.717) is 49.9 Å². The zero-order valence-electron chi connectivity index (χ0n) is 28.7. The molecule has 46 heavy (non-hydrogen) atoms. The number of amides is 1. The number of carbonyl (C=O) groups excluding carboxylic acids is 2. The third-order valence-corrected chi connectivity index (χ3v) is 10.7. The number of nitrogens with zero attached hydrogens (tertiary/aromatic N) is 2. The molecule has 254 valence electrons. The lowest BCUT2D eigenvalue weighted by Gasteiger charge is -2.64. The second-order valence-electron chi connectivity index (χ2n) is 15.2. The summed E-state index contributed by atoms with van der Waals surface area (Å²) in [6.45, 7) is 15.5. The highest BCUT2D eigenvalue weighted by Crippen LogP contribution is 2.65. The zero-order valence-corrected chi connectivity index (χ0v) is 28.7. The Morgan fingerprint density at radius 2 is 1.85 bits per heavy atom. The molecular weight excluding hydrogens is 585 g/mol. The monoisotopic (exact) mass is 639 g/mol. The number of ketones is 1. The van der Waals surface area contributed by atoms with Gasteiger partial charge in [0.05, 0.1) is 17.6 Å². The average molecular weight is 640 g/mol. The summed E-state index contributed by atoms with van der Waals surface area (Å²) in [6, 6.07) is 8.33. The quantitative estimate of drug-likeness (QED) is 0.0570. The number of hydrogen-bond acceptors (Lipinski definition) is 7. The Balaban J connectivity index is 1.42. The van der Waals surface area contributed by atoms with Gasteiger partial charge in [0.1, 0.15) is 5.78 Å². The first-order valence-electron chi connectivity index (χ1n) is 17.0. The van der Waals surface area contributed by atoms with E-state index in [1.54, 1.807) is 0 Å². The van der Waals surface area contributed by atoms with E-state index in [9.17, 15) is 19.7 Å². The average Bonchev–Trinajstić information content (AvgIpc) is 3.34. The number of guanidine groups is 1. The number of nitrogens with two attached hydrogens (primary N) is 1. The van der Waals surface area contributed by atoms with Gasteiger partial charge in [-0.3, -0.25) is 9.59 Å². The van der Waals surface area contributed by atoms with Crippen LogP contribution in [0.2, 0.25) is 0 Å². The van der Waals surface area contributed by atoms with Gasteiger partial charge in [0.2, 0.25) is 5.91 Å². The molecule has 3 saturated carbocycles. The minimum Gasteiger partial charge on any atom is -0.404 e. The van der Waals surface area contributed by atoms with Gasteiger partial charge in [-0.1, -0.05) is 71.2 Å². The number of hydrazine groups is 1. The molecule has 1 amide bonds. The molecule has 6 atom stereocenters. The fourth-order valence-corrected chi connectivity index (χ4v) is 7.84. The van der Waals surface area contributed by atoms with Gasteiger partial charge < -0.3 is 20.4 Å². The van der Waals surface area contributed by atoms with Crippen molar-refractivity contribution in [2.75, 3.05) is 6.54 Å². The maximum Gasteiger partial charge on any atom is 0.481 e. The van der Waals surface area contributed by atoms with Crippen molar-refractivity contribution in [2.45, 2.75) is 123 Å². The molecule has 1 aromatic rings.